The summed E-state index contributed by atoms with van der Waals surface area (Å²) in [6.07, 6.45) is 0.867. The minimum Gasteiger partial charge on any atom is -0.366 e. The first-order valence-corrected chi connectivity index (χ1v) is 5.77. The number of ether oxygens (including phenoxy) is 1. The Morgan fingerprint density at radius 2 is 2.47 bits per heavy atom. The Bertz CT molecular complexity index is 498. The fraction of sp³-hybridized carbons (Fsp3) is 0.364. The molecule has 0 saturated carbocycles. The Morgan fingerprint density at radius 1 is 1.68 bits per heavy atom. The van der Waals surface area contributed by atoms with Gasteiger partial charge in [0, 0.05) is 13.1 Å². The van der Waals surface area contributed by atoms with Gasteiger partial charge in [-0.15, -0.1) is 12.4 Å². The van der Waals surface area contributed by atoms with Gasteiger partial charge in [0.05, 0.1) is 23.5 Å². The van der Waals surface area contributed by atoms with Crippen molar-refractivity contribution < 1.29 is 9.53 Å². The first-order valence-electron chi connectivity index (χ1n) is 5.39. The summed E-state index contributed by atoms with van der Waals surface area (Å²) in [5.41, 5.74) is 0.573. The highest BCUT2D eigenvalue weighted by molar-refractivity contribution is 6.31. The third-order valence-corrected chi connectivity index (χ3v) is 2.72. The minimum atomic E-state index is -0.520. The fourth-order valence-corrected chi connectivity index (χ4v) is 1.75. The Hall–Kier alpha value is -1.39. The van der Waals surface area contributed by atoms with Crippen LogP contribution < -0.4 is 10.6 Å². The van der Waals surface area contributed by atoms with Crippen LogP contribution in [-0.2, 0) is 9.53 Å². The number of pyridine rings is 1. The van der Waals surface area contributed by atoms with Crippen molar-refractivity contribution in [3.8, 4) is 6.07 Å². The number of nitriles is 1. The standard InChI is InChI=1S/C11H11ClN4O2.ClH/c12-8-3-7(5-15-9(8)4-13)16-11(17)10-6-14-1-2-18-10;/h3,5,10,14H,1-2,6H2,(H,16,17);1H/t10-;/m1./s1. The summed E-state index contributed by atoms with van der Waals surface area (Å²) in [6, 6.07) is 3.34. The van der Waals surface area contributed by atoms with Crippen LogP contribution in [-0.4, -0.2) is 36.7 Å². The number of aromatic nitrogens is 1. The molecule has 0 radical (unpaired) electrons. The number of hydrogen-bond donors (Lipinski definition) is 2. The van der Waals surface area contributed by atoms with Crippen LogP contribution in [0.15, 0.2) is 12.3 Å². The second-order valence-corrected chi connectivity index (χ2v) is 4.13. The van der Waals surface area contributed by atoms with Crippen LogP contribution in [0.5, 0.6) is 0 Å². The molecule has 0 aromatic carbocycles. The monoisotopic (exact) mass is 302 g/mol. The van der Waals surface area contributed by atoms with E-state index in [4.69, 9.17) is 21.6 Å². The minimum absolute atomic E-state index is 0. The summed E-state index contributed by atoms with van der Waals surface area (Å²) in [6.45, 7) is 1.72. The van der Waals surface area contributed by atoms with E-state index in [1.54, 1.807) is 0 Å². The van der Waals surface area contributed by atoms with Crippen LogP contribution in [0, 0.1) is 11.3 Å². The lowest BCUT2D eigenvalue weighted by molar-refractivity contribution is -0.128. The van der Waals surface area contributed by atoms with Gasteiger partial charge in [-0.05, 0) is 6.07 Å². The first kappa shape index (κ1) is 15.7. The van der Waals surface area contributed by atoms with Gasteiger partial charge in [-0.1, -0.05) is 11.6 Å². The van der Waals surface area contributed by atoms with Crippen LogP contribution in [0.2, 0.25) is 5.02 Å². The number of carbonyl (C=O) groups is 1. The lowest BCUT2D eigenvalue weighted by atomic mass is 10.2. The molecule has 1 fully saturated rings. The van der Waals surface area contributed by atoms with E-state index in [1.165, 1.54) is 12.3 Å². The van der Waals surface area contributed by atoms with Gasteiger partial charge in [-0.25, -0.2) is 4.98 Å². The first-order chi connectivity index (χ1) is 8.70. The molecule has 102 valence electrons. The van der Waals surface area contributed by atoms with Gasteiger partial charge in [0.2, 0.25) is 0 Å². The zero-order chi connectivity index (χ0) is 13.0. The maximum absolute atomic E-state index is 11.8. The number of morpholine rings is 1. The van der Waals surface area contributed by atoms with Gasteiger partial charge in [0.1, 0.15) is 12.2 Å². The molecule has 1 atom stereocenters. The van der Waals surface area contributed by atoms with E-state index in [0.717, 1.165) is 6.54 Å². The summed E-state index contributed by atoms with van der Waals surface area (Å²) in [5, 5.41) is 14.6. The van der Waals surface area contributed by atoms with Crippen molar-refractivity contribution in [3.63, 3.8) is 0 Å². The van der Waals surface area contributed by atoms with E-state index < -0.39 is 6.10 Å². The van der Waals surface area contributed by atoms with Gasteiger partial charge >= 0.3 is 0 Å². The summed E-state index contributed by atoms with van der Waals surface area (Å²) in [5.74, 6) is -0.259. The van der Waals surface area contributed by atoms with Gasteiger partial charge in [-0.3, -0.25) is 4.79 Å². The maximum atomic E-state index is 11.8. The van der Waals surface area contributed by atoms with Gasteiger partial charge in [-0.2, -0.15) is 5.26 Å². The Balaban J connectivity index is 0.00000180. The van der Waals surface area contributed by atoms with Crippen molar-refractivity contribution in [1.29, 1.82) is 5.26 Å². The number of hydrogen-bond acceptors (Lipinski definition) is 5. The van der Waals surface area contributed by atoms with E-state index in [0.29, 0.717) is 18.8 Å². The molecule has 1 saturated heterocycles. The van der Waals surface area contributed by atoms with Crippen molar-refractivity contribution in [1.82, 2.24) is 10.3 Å². The van der Waals surface area contributed by atoms with Crippen molar-refractivity contribution >= 4 is 35.6 Å². The average Bonchev–Trinajstić information content (AvgIpc) is 2.40. The van der Waals surface area contributed by atoms with E-state index in [1.807, 2.05) is 6.07 Å². The largest absolute Gasteiger partial charge is 0.366 e. The third-order valence-electron chi connectivity index (χ3n) is 2.43. The highest BCUT2D eigenvalue weighted by atomic mass is 35.5. The van der Waals surface area contributed by atoms with Crippen LogP contribution in [0.4, 0.5) is 5.69 Å². The number of anilines is 1. The lowest BCUT2D eigenvalue weighted by Gasteiger charge is -2.22. The highest BCUT2D eigenvalue weighted by Crippen LogP contribution is 2.18. The molecule has 19 heavy (non-hydrogen) atoms. The van der Waals surface area contributed by atoms with Crippen LogP contribution >= 0.6 is 24.0 Å². The molecule has 2 heterocycles. The Morgan fingerprint density at radius 3 is 3.05 bits per heavy atom. The predicted octanol–water partition coefficient (Wildman–Crippen LogP) is 0.955. The molecule has 0 aliphatic carbocycles. The topological polar surface area (TPSA) is 87.0 Å². The van der Waals surface area contributed by atoms with Crippen LogP contribution in [0.25, 0.3) is 0 Å². The highest BCUT2D eigenvalue weighted by Gasteiger charge is 2.21. The van der Waals surface area contributed by atoms with E-state index in [2.05, 4.69) is 15.6 Å². The normalized spacial score (nSPS) is 18.0. The summed E-state index contributed by atoms with van der Waals surface area (Å²) >= 11 is 5.82. The average molecular weight is 303 g/mol. The molecule has 6 nitrogen and oxygen atoms in total. The molecule has 2 rings (SSSR count). The molecular formula is C11H12Cl2N4O2. The number of halogens is 2. The fourth-order valence-electron chi connectivity index (χ4n) is 1.55. The molecule has 0 spiro atoms. The Kier molecular flexibility index (Phi) is 5.99. The van der Waals surface area contributed by atoms with E-state index in [9.17, 15) is 4.79 Å². The van der Waals surface area contributed by atoms with Crippen molar-refractivity contribution in [2.45, 2.75) is 6.10 Å². The third kappa shape index (κ3) is 4.04. The molecule has 2 N–H and O–H groups in total. The number of nitrogens with zero attached hydrogens (tertiary/aromatic N) is 2. The van der Waals surface area contributed by atoms with Crippen LogP contribution in [0.1, 0.15) is 5.69 Å². The SMILES string of the molecule is Cl.N#Cc1ncc(NC(=O)[C@H]2CNCCO2)cc1Cl. The van der Waals surface area contributed by atoms with E-state index >= 15 is 0 Å². The van der Waals surface area contributed by atoms with Gasteiger partial charge < -0.3 is 15.4 Å². The smallest absolute Gasteiger partial charge is 0.254 e. The van der Waals surface area contributed by atoms with Gasteiger partial charge in [0.15, 0.2) is 5.69 Å². The number of amides is 1. The summed E-state index contributed by atoms with van der Waals surface area (Å²) in [7, 11) is 0. The maximum Gasteiger partial charge on any atom is 0.254 e. The number of nitrogens with one attached hydrogen (secondary N) is 2. The van der Waals surface area contributed by atoms with Crippen molar-refractivity contribution in [3.05, 3.63) is 23.0 Å². The number of rotatable bonds is 2. The van der Waals surface area contributed by atoms with Gasteiger partial charge in [0.25, 0.3) is 5.91 Å². The number of carbonyl (C=O) groups excluding carboxylic acids is 1. The van der Waals surface area contributed by atoms with E-state index in [-0.39, 0.29) is 29.0 Å². The quantitative estimate of drug-likeness (QED) is 0.849. The molecule has 1 aliphatic rings. The van der Waals surface area contributed by atoms with Crippen molar-refractivity contribution in [2.75, 3.05) is 25.0 Å². The molecular weight excluding hydrogens is 291 g/mol. The zero-order valence-corrected chi connectivity index (χ0v) is 11.4. The second-order valence-electron chi connectivity index (χ2n) is 3.72. The molecule has 1 aromatic rings. The summed E-state index contributed by atoms with van der Waals surface area (Å²) in [4.78, 5) is 15.7. The molecule has 8 heteroatoms. The lowest BCUT2D eigenvalue weighted by Crippen LogP contribution is -2.45. The molecule has 1 aliphatic heterocycles. The zero-order valence-electron chi connectivity index (χ0n) is 9.85. The molecule has 1 aromatic heterocycles. The Labute approximate surface area is 121 Å². The predicted molar refractivity (Wildman–Crippen MR) is 72.4 cm³/mol. The summed E-state index contributed by atoms with van der Waals surface area (Å²) < 4.78 is 5.31. The second kappa shape index (κ2) is 7.26. The molecule has 1 amide bonds. The van der Waals surface area contributed by atoms with Crippen LogP contribution in [0.3, 0.4) is 0 Å². The van der Waals surface area contributed by atoms with Crippen molar-refractivity contribution in [2.24, 2.45) is 0 Å². The molecule has 0 unspecified atom stereocenters. The molecule has 0 bridgehead atoms.